The molecule has 0 aromatic carbocycles. The predicted molar refractivity (Wildman–Crippen MR) is 60.8 cm³/mol. The molecule has 0 aliphatic heterocycles. The van der Waals surface area contributed by atoms with Crippen molar-refractivity contribution in [3.8, 4) is 0 Å². The Labute approximate surface area is 96.1 Å². The van der Waals surface area contributed by atoms with E-state index in [0.29, 0.717) is 19.5 Å². The summed E-state index contributed by atoms with van der Waals surface area (Å²) in [6, 6.07) is 0. The van der Waals surface area contributed by atoms with Crippen LogP contribution in [-0.4, -0.2) is 57.1 Å². The lowest BCUT2D eigenvalue weighted by Crippen LogP contribution is -2.35. The quantitative estimate of drug-likeness (QED) is 0.585. The molecule has 0 bridgehead atoms. The summed E-state index contributed by atoms with van der Waals surface area (Å²) in [5.74, 6) is -0.150. The second-order valence-corrected chi connectivity index (χ2v) is 3.54. The summed E-state index contributed by atoms with van der Waals surface area (Å²) in [6.45, 7) is 0.713. The van der Waals surface area contributed by atoms with E-state index in [4.69, 9.17) is 10.5 Å². The summed E-state index contributed by atoms with van der Waals surface area (Å²) < 4.78 is 5.02. The Kier molecular flexibility index (Phi) is 7.49. The van der Waals surface area contributed by atoms with Gasteiger partial charge in [0.25, 0.3) is 0 Å². The van der Waals surface area contributed by atoms with E-state index in [1.165, 1.54) is 12.0 Å². The predicted octanol–water partition coefficient (Wildman–Crippen LogP) is -1.06. The second-order valence-electron chi connectivity index (χ2n) is 3.54. The highest BCUT2D eigenvalue weighted by molar-refractivity contribution is 5.79. The summed E-state index contributed by atoms with van der Waals surface area (Å²) >= 11 is 0. The third-order valence-corrected chi connectivity index (χ3v) is 2.38. The highest BCUT2D eigenvalue weighted by Gasteiger charge is 2.15. The zero-order chi connectivity index (χ0) is 12.6. The summed E-state index contributed by atoms with van der Waals surface area (Å²) in [7, 11) is 4.75. The van der Waals surface area contributed by atoms with Crippen LogP contribution in [0.2, 0.25) is 0 Å². The smallest absolute Gasteiger partial charge is 0.224 e. The van der Waals surface area contributed by atoms with Crippen molar-refractivity contribution in [2.24, 2.45) is 5.73 Å². The van der Waals surface area contributed by atoms with Gasteiger partial charge < -0.3 is 20.7 Å². The Morgan fingerprint density at radius 1 is 1.50 bits per heavy atom. The maximum absolute atomic E-state index is 11.6. The van der Waals surface area contributed by atoms with Gasteiger partial charge in [0.1, 0.15) is 0 Å². The summed E-state index contributed by atoms with van der Waals surface area (Å²) in [4.78, 5) is 24.1. The fraction of sp³-hybridized carbons (Fsp3) is 0.800. The third-order valence-electron chi connectivity index (χ3n) is 2.38. The molecule has 0 radical (unpaired) electrons. The standard InChI is InChI=1S/C10H21N3O3/c1-12-9(14)4-5-13(2)10(15)6-8(7-11)16-3/h8H,4-7,11H2,1-3H3,(H,12,14). The van der Waals surface area contributed by atoms with E-state index < -0.39 is 0 Å². The number of methoxy groups -OCH3 is 1. The molecule has 1 atom stereocenters. The van der Waals surface area contributed by atoms with Crippen LogP contribution in [-0.2, 0) is 14.3 Å². The zero-order valence-corrected chi connectivity index (χ0v) is 10.2. The Bertz CT molecular complexity index is 229. The lowest BCUT2D eigenvalue weighted by Gasteiger charge is -2.19. The van der Waals surface area contributed by atoms with Crippen LogP contribution in [0.15, 0.2) is 0 Å². The largest absolute Gasteiger partial charge is 0.380 e. The van der Waals surface area contributed by atoms with Crippen LogP contribution in [0.5, 0.6) is 0 Å². The fourth-order valence-corrected chi connectivity index (χ4v) is 1.13. The molecule has 2 amide bonds. The molecule has 0 saturated heterocycles. The molecule has 1 unspecified atom stereocenters. The molecule has 6 heteroatoms. The molecule has 3 N–H and O–H groups in total. The van der Waals surface area contributed by atoms with Gasteiger partial charge in [0.05, 0.1) is 12.5 Å². The van der Waals surface area contributed by atoms with Crippen LogP contribution >= 0.6 is 0 Å². The van der Waals surface area contributed by atoms with E-state index in [1.54, 1.807) is 14.1 Å². The van der Waals surface area contributed by atoms with Gasteiger partial charge in [-0.05, 0) is 0 Å². The fourth-order valence-electron chi connectivity index (χ4n) is 1.13. The first-order valence-electron chi connectivity index (χ1n) is 5.22. The van der Waals surface area contributed by atoms with Gasteiger partial charge in [0, 0.05) is 40.7 Å². The molecular weight excluding hydrogens is 210 g/mol. The molecule has 16 heavy (non-hydrogen) atoms. The average molecular weight is 231 g/mol. The lowest BCUT2D eigenvalue weighted by molar-refractivity contribution is -0.132. The van der Waals surface area contributed by atoms with Crippen LogP contribution in [0, 0.1) is 0 Å². The molecule has 0 rings (SSSR count). The molecule has 0 spiro atoms. The number of nitrogens with one attached hydrogen (secondary N) is 1. The van der Waals surface area contributed by atoms with Crippen molar-refractivity contribution in [3.05, 3.63) is 0 Å². The van der Waals surface area contributed by atoms with Crippen LogP contribution in [0.25, 0.3) is 0 Å². The van der Waals surface area contributed by atoms with Gasteiger partial charge in [-0.3, -0.25) is 9.59 Å². The highest BCUT2D eigenvalue weighted by atomic mass is 16.5. The van der Waals surface area contributed by atoms with Crippen LogP contribution in [0.3, 0.4) is 0 Å². The number of carbonyl (C=O) groups excluding carboxylic acids is 2. The Hall–Kier alpha value is -1.14. The van der Waals surface area contributed by atoms with Crippen LogP contribution in [0.1, 0.15) is 12.8 Å². The highest BCUT2D eigenvalue weighted by Crippen LogP contribution is 2.00. The molecule has 0 saturated carbocycles. The number of nitrogens with two attached hydrogens (primary N) is 1. The van der Waals surface area contributed by atoms with Crippen molar-refractivity contribution in [2.75, 3.05) is 34.3 Å². The van der Waals surface area contributed by atoms with Crippen molar-refractivity contribution in [3.63, 3.8) is 0 Å². The zero-order valence-electron chi connectivity index (χ0n) is 10.2. The minimum atomic E-state index is -0.255. The molecule has 94 valence electrons. The second kappa shape index (κ2) is 8.06. The molecular formula is C10H21N3O3. The van der Waals surface area contributed by atoms with E-state index >= 15 is 0 Å². The number of nitrogens with zero attached hydrogens (tertiary/aromatic N) is 1. The van der Waals surface area contributed by atoms with Crippen molar-refractivity contribution < 1.29 is 14.3 Å². The number of amides is 2. The van der Waals surface area contributed by atoms with Gasteiger partial charge in [0.2, 0.25) is 11.8 Å². The Morgan fingerprint density at radius 2 is 2.12 bits per heavy atom. The molecule has 0 aliphatic carbocycles. The molecule has 6 nitrogen and oxygen atoms in total. The van der Waals surface area contributed by atoms with Crippen molar-refractivity contribution in [1.29, 1.82) is 0 Å². The first-order chi connectivity index (χ1) is 7.54. The first kappa shape index (κ1) is 14.9. The third kappa shape index (κ3) is 5.67. The lowest BCUT2D eigenvalue weighted by atomic mass is 10.2. The first-order valence-corrected chi connectivity index (χ1v) is 5.22. The van der Waals surface area contributed by atoms with Gasteiger partial charge >= 0.3 is 0 Å². The molecule has 0 aromatic rings. The average Bonchev–Trinajstić information content (AvgIpc) is 2.31. The number of ether oxygens (including phenoxy) is 1. The van der Waals surface area contributed by atoms with Gasteiger partial charge in [-0.2, -0.15) is 0 Å². The van der Waals surface area contributed by atoms with Crippen molar-refractivity contribution >= 4 is 11.8 Å². The van der Waals surface area contributed by atoms with E-state index in [-0.39, 0.29) is 24.3 Å². The van der Waals surface area contributed by atoms with E-state index in [1.807, 2.05) is 0 Å². The normalized spacial score (nSPS) is 12.0. The SMILES string of the molecule is CNC(=O)CCN(C)C(=O)CC(CN)OC. The van der Waals surface area contributed by atoms with E-state index in [2.05, 4.69) is 5.32 Å². The van der Waals surface area contributed by atoms with E-state index in [0.717, 1.165) is 0 Å². The molecule has 0 aliphatic rings. The minimum Gasteiger partial charge on any atom is -0.380 e. The topological polar surface area (TPSA) is 84.7 Å². The van der Waals surface area contributed by atoms with Gasteiger partial charge in [-0.25, -0.2) is 0 Å². The summed E-state index contributed by atoms with van der Waals surface area (Å²) in [6.07, 6.45) is 0.297. The van der Waals surface area contributed by atoms with E-state index in [9.17, 15) is 9.59 Å². The summed E-state index contributed by atoms with van der Waals surface area (Å²) in [5, 5.41) is 2.50. The Morgan fingerprint density at radius 3 is 2.56 bits per heavy atom. The van der Waals surface area contributed by atoms with Crippen LogP contribution in [0.4, 0.5) is 0 Å². The molecule has 0 aromatic heterocycles. The van der Waals surface area contributed by atoms with Gasteiger partial charge in [-0.1, -0.05) is 0 Å². The molecule has 0 fully saturated rings. The number of hydrogen-bond donors (Lipinski definition) is 2. The number of hydrogen-bond acceptors (Lipinski definition) is 4. The Balaban J connectivity index is 3.94. The van der Waals surface area contributed by atoms with Gasteiger partial charge in [-0.15, -0.1) is 0 Å². The van der Waals surface area contributed by atoms with Crippen molar-refractivity contribution in [2.45, 2.75) is 18.9 Å². The van der Waals surface area contributed by atoms with Crippen molar-refractivity contribution in [1.82, 2.24) is 10.2 Å². The van der Waals surface area contributed by atoms with Gasteiger partial charge in [0.15, 0.2) is 0 Å². The monoisotopic (exact) mass is 231 g/mol. The number of carbonyl (C=O) groups is 2. The summed E-state index contributed by atoms with van der Waals surface area (Å²) in [5.41, 5.74) is 5.42. The maximum Gasteiger partial charge on any atom is 0.224 e. The number of rotatable bonds is 7. The van der Waals surface area contributed by atoms with Crippen LogP contribution < -0.4 is 11.1 Å². The maximum atomic E-state index is 11.6. The molecule has 0 heterocycles. The minimum absolute atomic E-state index is 0.0683.